The van der Waals surface area contributed by atoms with Crippen LogP contribution in [0.3, 0.4) is 0 Å². The number of carbonyl (C=O) groups excluding carboxylic acids is 2. The van der Waals surface area contributed by atoms with Gasteiger partial charge in [-0.05, 0) is 57.8 Å². The third-order valence-corrected chi connectivity index (χ3v) is 16.0. The van der Waals surface area contributed by atoms with E-state index < -0.39 is 12.1 Å². The Kier molecular flexibility index (Phi) is 63.4. The van der Waals surface area contributed by atoms with Crippen LogP contribution in [-0.4, -0.2) is 47.4 Å². The summed E-state index contributed by atoms with van der Waals surface area (Å²) in [4.78, 5) is 24.6. The number of rotatable bonds is 64. The van der Waals surface area contributed by atoms with Crippen LogP contribution in [0.2, 0.25) is 0 Å². The summed E-state index contributed by atoms with van der Waals surface area (Å²) in [5.74, 6) is -0.0264. The van der Waals surface area contributed by atoms with E-state index in [2.05, 4.69) is 43.5 Å². The van der Waals surface area contributed by atoms with Crippen LogP contribution in [-0.2, 0) is 14.3 Å². The molecule has 0 aromatic rings. The third-order valence-electron chi connectivity index (χ3n) is 16.0. The maximum absolute atomic E-state index is 12.5. The van der Waals surface area contributed by atoms with Crippen molar-refractivity contribution in [1.29, 1.82) is 0 Å². The Bertz CT molecular complexity index is 1170. The maximum atomic E-state index is 12.5. The standard InChI is InChI=1S/C69H133NO5/c1-3-5-7-9-11-13-15-17-19-30-33-37-41-45-49-53-57-61-67(72)66(65-71)70-68(73)62-58-54-50-46-42-38-34-31-28-26-24-22-21-23-25-27-29-32-36-40-44-48-52-56-60-64-75-69(74)63-59-55-51-47-43-39-35-20-18-16-14-12-10-8-6-4-2/h14,16,20,35,66-67,71-72H,3-13,15,17-19,21-34,36-65H2,1-2H3,(H,70,73)/b16-14-,35-20-. The third kappa shape index (κ3) is 61.4. The van der Waals surface area contributed by atoms with Gasteiger partial charge in [-0.25, -0.2) is 0 Å². The Morgan fingerprint density at radius 1 is 0.373 bits per heavy atom. The first-order chi connectivity index (χ1) is 37.0. The fraction of sp³-hybridized carbons (Fsp3) is 0.913. The summed E-state index contributed by atoms with van der Waals surface area (Å²) < 4.78 is 5.49. The Morgan fingerprint density at radius 2 is 0.667 bits per heavy atom. The molecule has 0 rings (SSSR count). The second-order valence-electron chi connectivity index (χ2n) is 23.5. The molecule has 0 aromatic heterocycles. The van der Waals surface area contributed by atoms with E-state index in [1.807, 2.05) is 0 Å². The van der Waals surface area contributed by atoms with Crippen LogP contribution >= 0.6 is 0 Å². The van der Waals surface area contributed by atoms with Crippen molar-refractivity contribution >= 4 is 11.9 Å². The zero-order chi connectivity index (χ0) is 54.3. The molecule has 0 aromatic carbocycles. The lowest BCUT2D eigenvalue weighted by Crippen LogP contribution is -2.45. The first-order valence-electron chi connectivity index (χ1n) is 34.1. The van der Waals surface area contributed by atoms with E-state index in [4.69, 9.17) is 4.74 Å². The van der Waals surface area contributed by atoms with Crippen LogP contribution in [0, 0.1) is 0 Å². The van der Waals surface area contributed by atoms with Gasteiger partial charge in [-0.15, -0.1) is 0 Å². The minimum absolute atomic E-state index is 0.00361. The Balaban J connectivity index is 3.36. The van der Waals surface area contributed by atoms with E-state index >= 15 is 0 Å². The molecule has 0 heterocycles. The Labute approximate surface area is 469 Å². The van der Waals surface area contributed by atoms with Gasteiger partial charge >= 0.3 is 5.97 Å². The quantitative estimate of drug-likeness (QED) is 0.0320. The zero-order valence-corrected chi connectivity index (χ0v) is 50.8. The lowest BCUT2D eigenvalue weighted by Gasteiger charge is -2.22. The lowest BCUT2D eigenvalue weighted by atomic mass is 10.0. The van der Waals surface area contributed by atoms with Crippen molar-refractivity contribution in [3.05, 3.63) is 24.3 Å². The molecule has 2 atom stereocenters. The number of aliphatic hydroxyl groups excluding tert-OH is 2. The zero-order valence-electron chi connectivity index (χ0n) is 50.8. The SMILES string of the molecule is CCCCCC/C=C\C/C=C\CCCCCCCC(=O)OCCCCCCCCCCCCCCCCCCCCCCCCCCCC(=O)NC(CO)C(O)CCCCCCCCCCCCCCCCCCC. The van der Waals surface area contributed by atoms with Crippen LogP contribution in [0.5, 0.6) is 0 Å². The summed E-state index contributed by atoms with van der Waals surface area (Å²) in [6.07, 6.45) is 80.7. The van der Waals surface area contributed by atoms with E-state index in [1.54, 1.807) is 0 Å². The van der Waals surface area contributed by atoms with Gasteiger partial charge < -0.3 is 20.3 Å². The monoisotopic (exact) mass is 1060 g/mol. The van der Waals surface area contributed by atoms with E-state index in [1.165, 1.54) is 295 Å². The Morgan fingerprint density at radius 3 is 1.03 bits per heavy atom. The van der Waals surface area contributed by atoms with Crippen LogP contribution in [0.4, 0.5) is 0 Å². The highest BCUT2D eigenvalue weighted by atomic mass is 16.5. The molecule has 0 saturated heterocycles. The molecule has 3 N–H and O–H groups in total. The average Bonchev–Trinajstić information content (AvgIpc) is 3.41. The Hall–Kier alpha value is -1.66. The highest BCUT2D eigenvalue weighted by Gasteiger charge is 2.20. The smallest absolute Gasteiger partial charge is 0.305 e. The molecule has 0 spiro atoms. The molecule has 0 aliphatic heterocycles. The van der Waals surface area contributed by atoms with Gasteiger partial charge in [-0.3, -0.25) is 9.59 Å². The van der Waals surface area contributed by atoms with Gasteiger partial charge in [0.2, 0.25) is 5.91 Å². The van der Waals surface area contributed by atoms with Crippen LogP contribution < -0.4 is 5.32 Å². The number of hydrogen-bond acceptors (Lipinski definition) is 5. The average molecular weight is 1060 g/mol. The summed E-state index contributed by atoms with van der Waals surface area (Å²) in [6.45, 7) is 4.96. The second kappa shape index (κ2) is 64.9. The minimum Gasteiger partial charge on any atom is -0.466 e. The van der Waals surface area contributed by atoms with E-state index in [0.29, 0.717) is 25.9 Å². The number of carbonyl (C=O) groups is 2. The van der Waals surface area contributed by atoms with Gasteiger partial charge in [-0.2, -0.15) is 0 Å². The van der Waals surface area contributed by atoms with Gasteiger partial charge in [-0.1, -0.05) is 334 Å². The summed E-state index contributed by atoms with van der Waals surface area (Å²) >= 11 is 0. The normalized spacial score (nSPS) is 12.6. The molecule has 0 radical (unpaired) electrons. The number of esters is 1. The first-order valence-corrected chi connectivity index (χ1v) is 34.1. The van der Waals surface area contributed by atoms with E-state index in [0.717, 1.165) is 51.4 Å². The number of ether oxygens (including phenoxy) is 1. The molecule has 2 unspecified atom stereocenters. The molecule has 0 aliphatic rings. The highest BCUT2D eigenvalue weighted by molar-refractivity contribution is 5.76. The highest BCUT2D eigenvalue weighted by Crippen LogP contribution is 2.19. The van der Waals surface area contributed by atoms with Crippen LogP contribution in [0.15, 0.2) is 24.3 Å². The van der Waals surface area contributed by atoms with E-state index in [-0.39, 0.29) is 18.5 Å². The summed E-state index contributed by atoms with van der Waals surface area (Å²) in [6, 6.07) is -0.540. The number of nitrogens with one attached hydrogen (secondary N) is 1. The summed E-state index contributed by atoms with van der Waals surface area (Å²) in [5, 5.41) is 23.4. The topological polar surface area (TPSA) is 95.9 Å². The van der Waals surface area contributed by atoms with Gasteiger partial charge in [0.25, 0.3) is 0 Å². The molecule has 444 valence electrons. The van der Waals surface area contributed by atoms with Crippen LogP contribution in [0.25, 0.3) is 0 Å². The largest absolute Gasteiger partial charge is 0.466 e. The van der Waals surface area contributed by atoms with Crippen molar-refractivity contribution in [1.82, 2.24) is 5.32 Å². The molecular weight excluding hydrogens is 923 g/mol. The molecular formula is C69H133NO5. The summed E-state index contributed by atoms with van der Waals surface area (Å²) in [5.41, 5.74) is 0. The fourth-order valence-electron chi connectivity index (χ4n) is 10.8. The molecule has 6 heteroatoms. The minimum atomic E-state index is -0.663. The maximum Gasteiger partial charge on any atom is 0.305 e. The molecule has 75 heavy (non-hydrogen) atoms. The number of amides is 1. The first kappa shape index (κ1) is 73.3. The number of unbranched alkanes of at least 4 members (excludes halogenated alkanes) is 49. The van der Waals surface area contributed by atoms with Crippen molar-refractivity contribution in [2.45, 2.75) is 392 Å². The van der Waals surface area contributed by atoms with E-state index in [9.17, 15) is 19.8 Å². The van der Waals surface area contributed by atoms with Crippen molar-refractivity contribution in [2.24, 2.45) is 0 Å². The predicted molar refractivity (Wildman–Crippen MR) is 329 cm³/mol. The molecule has 0 aliphatic carbocycles. The van der Waals surface area contributed by atoms with Crippen molar-refractivity contribution in [3.8, 4) is 0 Å². The second-order valence-corrected chi connectivity index (χ2v) is 23.5. The molecule has 0 bridgehead atoms. The number of allylic oxidation sites excluding steroid dienone is 4. The van der Waals surface area contributed by atoms with Crippen molar-refractivity contribution in [3.63, 3.8) is 0 Å². The van der Waals surface area contributed by atoms with Gasteiger partial charge in [0.15, 0.2) is 0 Å². The fourth-order valence-corrected chi connectivity index (χ4v) is 10.8. The van der Waals surface area contributed by atoms with Gasteiger partial charge in [0.1, 0.15) is 0 Å². The lowest BCUT2D eigenvalue weighted by molar-refractivity contribution is -0.143. The van der Waals surface area contributed by atoms with Crippen LogP contribution in [0.1, 0.15) is 380 Å². The van der Waals surface area contributed by atoms with Gasteiger partial charge in [0, 0.05) is 12.8 Å². The predicted octanol–water partition coefficient (Wildman–Crippen LogP) is 21.8. The summed E-state index contributed by atoms with van der Waals surface area (Å²) in [7, 11) is 0. The van der Waals surface area contributed by atoms with Gasteiger partial charge in [0.05, 0.1) is 25.4 Å². The molecule has 1 amide bonds. The number of hydrogen-bond donors (Lipinski definition) is 3. The molecule has 6 nitrogen and oxygen atoms in total. The molecule has 0 fully saturated rings. The van der Waals surface area contributed by atoms with Crippen molar-refractivity contribution in [2.75, 3.05) is 13.2 Å². The number of aliphatic hydroxyl groups is 2. The molecule has 0 saturated carbocycles. The van der Waals surface area contributed by atoms with Crippen molar-refractivity contribution < 1.29 is 24.5 Å².